The first-order chi connectivity index (χ1) is 7.09. The predicted molar refractivity (Wildman–Crippen MR) is 52.7 cm³/mol. The van der Waals surface area contributed by atoms with E-state index in [2.05, 4.69) is 5.32 Å². The Labute approximate surface area is 86.5 Å². The van der Waals surface area contributed by atoms with Crippen LogP contribution in [0.1, 0.15) is 0 Å². The second-order valence-electron chi connectivity index (χ2n) is 3.10. The number of amides is 3. The summed E-state index contributed by atoms with van der Waals surface area (Å²) in [6.45, 7) is -0.108. The number of halogens is 1. The van der Waals surface area contributed by atoms with Gasteiger partial charge in [-0.05, 0) is 12.1 Å². The summed E-state index contributed by atoms with van der Waals surface area (Å²) in [6, 6.07) is 3.17. The van der Waals surface area contributed by atoms with E-state index in [0.29, 0.717) is 0 Å². The Hall–Kier alpha value is -1.85. The molecule has 6 heteroatoms. The van der Waals surface area contributed by atoms with Gasteiger partial charge >= 0.3 is 6.03 Å². The molecule has 1 aliphatic rings. The largest absolute Gasteiger partial charge is 0.329 e. The number of urea groups is 1. The predicted octanol–water partition coefficient (Wildman–Crippen LogP) is -0.324. The molecule has 0 saturated carbocycles. The van der Waals surface area contributed by atoms with E-state index in [9.17, 15) is 14.0 Å². The Bertz CT molecular complexity index is 434. The van der Waals surface area contributed by atoms with Gasteiger partial charge in [0.05, 0.1) is 12.2 Å². The average Bonchev–Trinajstić information content (AvgIpc) is 2.48. The van der Waals surface area contributed by atoms with Crippen LogP contribution in [-0.2, 0) is 4.79 Å². The van der Waals surface area contributed by atoms with Gasteiger partial charge in [0, 0.05) is 0 Å². The first kappa shape index (κ1) is 9.70. The standard InChI is InChI=1S/C9H6BFN2O2/c10-5-1-2-7(6(11)3-5)13-8(14)4-12-9(13)15/h1-3H,4H2,(H,12,15). The molecule has 0 atom stereocenters. The molecule has 0 aromatic heterocycles. The van der Waals surface area contributed by atoms with Gasteiger partial charge in [-0.1, -0.05) is 11.5 Å². The number of benzene rings is 1. The second kappa shape index (κ2) is 3.38. The minimum Gasteiger partial charge on any atom is -0.328 e. The van der Waals surface area contributed by atoms with Crippen molar-refractivity contribution in [3.63, 3.8) is 0 Å². The zero-order valence-electron chi connectivity index (χ0n) is 7.66. The fraction of sp³-hybridized carbons (Fsp3) is 0.111. The lowest BCUT2D eigenvalue weighted by molar-refractivity contribution is -0.115. The first-order valence-corrected chi connectivity index (χ1v) is 4.25. The summed E-state index contributed by atoms with van der Waals surface area (Å²) in [5, 5.41) is 2.30. The van der Waals surface area contributed by atoms with Gasteiger partial charge in [0.15, 0.2) is 0 Å². The van der Waals surface area contributed by atoms with Gasteiger partial charge in [-0.2, -0.15) is 0 Å². The van der Waals surface area contributed by atoms with E-state index >= 15 is 0 Å². The summed E-state index contributed by atoms with van der Waals surface area (Å²) in [5.74, 6) is -1.18. The van der Waals surface area contributed by atoms with Crippen LogP contribution < -0.4 is 15.7 Å². The van der Waals surface area contributed by atoms with Gasteiger partial charge in [0.2, 0.25) is 0 Å². The van der Waals surface area contributed by atoms with E-state index < -0.39 is 17.8 Å². The van der Waals surface area contributed by atoms with Crippen molar-refractivity contribution >= 4 is 30.9 Å². The van der Waals surface area contributed by atoms with Crippen molar-refractivity contribution in [3.05, 3.63) is 24.0 Å². The SMILES string of the molecule is [B]c1ccc(N2C(=O)CNC2=O)c(F)c1. The monoisotopic (exact) mass is 204 g/mol. The lowest BCUT2D eigenvalue weighted by Gasteiger charge is -2.13. The van der Waals surface area contributed by atoms with Crippen molar-refractivity contribution in [3.8, 4) is 0 Å². The van der Waals surface area contributed by atoms with Crippen molar-refractivity contribution in [2.45, 2.75) is 0 Å². The third-order valence-electron chi connectivity index (χ3n) is 2.06. The van der Waals surface area contributed by atoms with Crippen molar-refractivity contribution in [1.29, 1.82) is 0 Å². The molecule has 1 N–H and O–H groups in total. The van der Waals surface area contributed by atoms with Crippen LogP contribution in [0.3, 0.4) is 0 Å². The molecule has 0 spiro atoms. The number of hydrogen-bond acceptors (Lipinski definition) is 2. The van der Waals surface area contributed by atoms with Crippen LogP contribution in [0.25, 0.3) is 0 Å². The van der Waals surface area contributed by atoms with Gasteiger partial charge < -0.3 is 5.32 Å². The van der Waals surface area contributed by atoms with E-state index in [0.717, 1.165) is 11.0 Å². The Kier molecular flexibility index (Phi) is 2.19. The minimum atomic E-state index is -0.694. The summed E-state index contributed by atoms with van der Waals surface area (Å²) in [4.78, 5) is 23.2. The normalized spacial score (nSPS) is 15.7. The van der Waals surface area contributed by atoms with E-state index in [1.165, 1.54) is 12.1 Å². The highest BCUT2D eigenvalue weighted by molar-refractivity contribution is 6.32. The van der Waals surface area contributed by atoms with E-state index in [1.54, 1.807) is 0 Å². The molecular formula is C9H6BFN2O2. The van der Waals surface area contributed by atoms with Crippen LogP contribution in [0.4, 0.5) is 14.9 Å². The summed E-state index contributed by atoms with van der Waals surface area (Å²) in [6.07, 6.45) is 0. The molecule has 15 heavy (non-hydrogen) atoms. The highest BCUT2D eigenvalue weighted by Gasteiger charge is 2.31. The number of nitrogens with one attached hydrogen (secondary N) is 1. The van der Waals surface area contributed by atoms with Crippen molar-refractivity contribution in [1.82, 2.24) is 5.32 Å². The maximum atomic E-state index is 13.4. The summed E-state index contributed by atoms with van der Waals surface area (Å²) in [5.41, 5.74) is 0.160. The lowest BCUT2D eigenvalue weighted by atomic mass is 9.96. The zero-order valence-corrected chi connectivity index (χ0v) is 7.66. The van der Waals surface area contributed by atoms with Crippen LogP contribution in [0.5, 0.6) is 0 Å². The molecule has 0 unspecified atom stereocenters. The van der Waals surface area contributed by atoms with E-state index in [4.69, 9.17) is 7.85 Å². The summed E-state index contributed by atoms with van der Waals surface area (Å²) < 4.78 is 13.4. The number of nitrogens with zero attached hydrogens (tertiary/aromatic N) is 1. The molecule has 1 heterocycles. The average molecular weight is 204 g/mol. The Morgan fingerprint density at radius 2 is 2.13 bits per heavy atom. The van der Waals surface area contributed by atoms with Crippen molar-refractivity contribution in [2.75, 3.05) is 11.4 Å². The Balaban J connectivity index is 2.45. The molecule has 1 aromatic carbocycles. The Morgan fingerprint density at radius 3 is 2.67 bits per heavy atom. The van der Waals surface area contributed by atoms with Crippen LogP contribution in [-0.4, -0.2) is 26.3 Å². The molecule has 74 valence electrons. The van der Waals surface area contributed by atoms with Crippen LogP contribution >= 0.6 is 0 Å². The fourth-order valence-electron chi connectivity index (χ4n) is 1.37. The van der Waals surface area contributed by atoms with Gasteiger partial charge in [-0.3, -0.25) is 4.79 Å². The molecular weight excluding hydrogens is 198 g/mol. The van der Waals surface area contributed by atoms with Crippen LogP contribution in [0, 0.1) is 5.82 Å². The molecule has 1 aromatic rings. The number of anilines is 1. The number of carbonyl (C=O) groups excluding carboxylic acids is 2. The minimum absolute atomic E-state index is 0.0794. The maximum Gasteiger partial charge on any atom is 0.329 e. The number of rotatable bonds is 1. The molecule has 2 radical (unpaired) electrons. The smallest absolute Gasteiger partial charge is 0.328 e. The van der Waals surface area contributed by atoms with E-state index in [1.807, 2.05) is 0 Å². The van der Waals surface area contributed by atoms with E-state index in [-0.39, 0.29) is 17.7 Å². The highest BCUT2D eigenvalue weighted by atomic mass is 19.1. The van der Waals surface area contributed by atoms with Gasteiger partial charge in [-0.15, -0.1) is 0 Å². The second-order valence-corrected chi connectivity index (χ2v) is 3.10. The molecule has 3 amide bonds. The van der Waals surface area contributed by atoms with Crippen LogP contribution in [0.2, 0.25) is 0 Å². The number of hydrogen-bond donors (Lipinski definition) is 1. The zero-order chi connectivity index (χ0) is 11.0. The fourth-order valence-corrected chi connectivity index (χ4v) is 1.37. The molecule has 1 aliphatic heterocycles. The molecule has 4 nitrogen and oxygen atoms in total. The third-order valence-corrected chi connectivity index (χ3v) is 2.06. The lowest BCUT2D eigenvalue weighted by Crippen LogP contribution is -2.31. The Morgan fingerprint density at radius 1 is 1.40 bits per heavy atom. The van der Waals surface area contributed by atoms with Crippen molar-refractivity contribution in [2.24, 2.45) is 0 Å². The van der Waals surface area contributed by atoms with Crippen LogP contribution in [0.15, 0.2) is 18.2 Å². The van der Waals surface area contributed by atoms with Gasteiger partial charge in [0.25, 0.3) is 5.91 Å². The van der Waals surface area contributed by atoms with Gasteiger partial charge in [0.1, 0.15) is 13.7 Å². The quantitative estimate of drug-likeness (QED) is 0.503. The van der Waals surface area contributed by atoms with Crippen molar-refractivity contribution < 1.29 is 14.0 Å². The third kappa shape index (κ3) is 1.58. The van der Waals surface area contributed by atoms with Gasteiger partial charge in [-0.25, -0.2) is 14.1 Å². The summed E-state index contributed by atoms with van der Waals surface area (Å²) >= 11 is 0. The summed E-state index contributed by atoms with van der Waals surface area (Å²) in [7, 11) is 5.35. The molecule has 1 saturated heterocycles. The molecule has 0 aliphatic carbocycles. The number of imide groups is 1. The molecule has 1 fully saturated rings. The maximum absolute atomic E-state index is 13.4. The first-order valence-electron chi connectivity index (χ1n) is 4.25. The molecule has 2 rings (SSSR count). The number of carbonyl (C=O) groups is 2. The molecule has 0 bridgehead atoms. The topological polar surface area (TPSA) is 49.4 Å². The highest BCUT2D eigenvalue weighted by Crippen LogP contribution is 2.19.